The smallest absolute Gasteiger partial charge is 0.323 e. The number of anilines is 2. The van der Waals surface area contributed by atoms with Gasteiger partial charge in [0.2, 0.25) is 0 Å². The number of urea groups is 1. The largest absolute Gasteiger partial charge is 0.326 e. The van der Waals surface area contributed by atoms with Crippen LogP contribution in [0.2, 0.25) is 0 Å². The van der Waals surface area contributed by atoms with Crippen molar-refractivity contribution in [2.24, 2.45) is 5.73 Å². The van der Waals surface area contributed by atoms with Crippen LogP contribution in [-0.2, 0) is 6.54 Å². The monoisotopic (exact) mass is 269 g/mol. The Balaban J connectivity index is 2.01. The lowest BCUT2D eigenvalue weighted by Crippen LogP contribution is -2.20. The normalized spacial score (nSPS) is 10.2. The van der Waals surface area contributed by atoms with Gasteiger partial charge in [-0.1, -0.05) is 29.8 Å². The molecule has 2 aromatic carbocycles. The molecule has 0 spiro atoms. The Morgan fingerprint density at radius 2 is 1.75 bits per heavy atom. The van der Waals surface area contributed by atoms with E-state index in [-0.39, 0.29) is 6.03 Å². The number of nitrogens with one attached hydrogen (secondary N) is 2. The minimum Gasteiger partial charge on any atom is -0.326 e. The van der Waals surface area contributed by atoms with Gasteiger partial charge >= 0.3 is 6.03 Å². The molecule has 0 aromatic heterocycles. The maximum absolute atomic E-state index is 11.9. The highest BCUT2D eigenvalue weighted by Gasteiger charge is 2.05. The predicted octanol–water partition coefficient (Wildman–Crippen LogP) is 3.41. The van der Waals surface area contributed by atoms with E-state index < -0.39 is 0 Å². The highest BCUT2D eigenvalue weighted by Crippen LogP contribution is 2.16. The molecule has 4 heteroatoms. The molecule has 2 aromatic rings. The molecule has 0 saturated heterocycles. The van der Waals surface area contributed by atoms with Gasteiger partial charge in [-0.3, -0.25) is 0 Å². The number of benzene rings is 2. The number of carbonyl (C=O) groups is 1. The van der Waals surface area contributed by atoms with Crippen molar-refractivity contribution in [3.63, 3.8) is 0 Å². The standard InChI is InChI=1S/C16H19N3O/c1-11-3-8-15(12(2)9-11)19-16(20)18-14-6-4-13(10-17)5-7-14/h3-9H,10,17H2,1-2H3,(H2,18,19,20). The number of rotatable bonds is 3. The number of aryl methyl sites for hydroxylation is 2. The van der Waals surface area contributed by atoms with E-state index in [1.165, 1.54) is 5.56 Å². The molecule has 0 atom stereocenters. The molecular formula is C16H19N3O. The van der Waals surface area contributed by atoms with Crippen LogP contribution >= 0.6 is 0 Å². The molecule has 20 heavy (non-hydrogen) atoms. The van der Waals surface area contributed by atoms with Crippen molar-refractivity contribution in [3.8, 4) is 0 Å². The van der Waals surface area contributed by atoms with Crippen LogP contribution in [0, 0.1) is 13.8 Å². The Kier molecular flexibility index (Phi) is 4.38. The van der Waals surface area contributed by atoms with Crippen molar-refractivity contribution in [3.05, 3.63) is 59.2 Å². The molecule has 0 fully saturated rings. The molecule has 2 amide bonds. The third-order valence-electron chi connectivity index (χ3n) is 3.08. The second-order valence-corrected chi connectivity index (χ2v) is 4.80. The fourth-order valence-corrected chi connectivity index (χ4v) is 1.96. The van der Waals surface area contributed by atoms with Crippen LogP contribution < -0.4 is 16.4 Å². The number of hydrogen-bond donors (Lipinski definition) is 3. The Hall–Kier alpha value is -2.33. The summed E-state index contributed by atoms with van der Waals surface area (Å²) in [4.78, 5) is 11.9. The fourth-order valence-electron chi connectivity index (χ4n) is 1.96. The molecule has 104 valence electrons. The van der Waals surface area contributed by atoms with E-state index >= 15 is 0 Å². The van der Waals surface area contributed by atoms with Crippen LogP contribution in [0.15, 0.2) is 42.5 Å². The van der Waals surface area contributed by atoms with E-state index in [1.807, 2.05) is 56.3 Å². The van der Waals surface area contributed by atoms with Crippen molar-refractivity contribution in [2.75, 3.05) is 10.6 Å². The summed E-state index contributed by atoms with van der Waals surface area (Å²) in [5.41, 5.74) is 10.3. The molecule has 0 saturated carbocycles. The van der Waals surface area contributed by atoms with Crippen molar-refractivity contribution in [1.82, 2.24) is 0 Å². The quantitative estimate of drug-likeness (QED) is 0.799. The van der Waals surface area contributed by atoms with E-state index in [9.17, 15) is 4.79 Å². The van der Waals surface area contributed by atoms with Gasteiger partial charge in [0.15, 0.2) is 0 Å². The van der Waals surface area contributed by atoms with Gasteiger partial charge < -0.3 is 16.4 Å². The second kappa shape index (κ2) is 6.21. The van der Waals surface area contributed by atoms with Gasteiger partial charge in [0.05, 0.1) is 0 Å². The van der Waals surface area contributed by atoms with Crippen molar-refractivity contribution in [2.45, 2.75) is 20.4 Å². The van der Waals surface area contributed by atoms with Gasteiger partial charge in [0.1, 0.15) is 0 Å². The molecule has 4 N–H and O–H groups in total. The molecule has 0 aliphatic rings. The lowest BCUT2D eigenvalue weighted by Gasteiger charge is -2.10. The third-order valence-corrected chi connectivity index (χ3v) is 3.08. The van der Waals surface area contributed by atoms with Crippen molar-refractivity contribution >= 4 is 17.4 Å². The Bertz CT molecular complexity index is 606. The summed E-state index contributed by atoms with van der Waals surface area (Å²) in [6, 6.07) is 13.1. The van der Waals surface area contributed by atoms with Gasteiger partial charge in [-0.25, -0.2) is 4.79 Å². The van der Waals surface area contributed by atoms with Gasteiger partial charge in [0, 0.05) is 17.9 Å². The Labute approximate surface area is 119 Å². The Morgan fingerprint density at radius 1 is 1.05 bits per heavy atom. The minimum absolute atomic E-state index is 0.252. The first kappa shape index (κ1) is 14.1. The summed E-state index contributed by atoms with van der Waals surface area (Å²) < 4.78 is 0. The predicted molar refractivity (Wildman–Crippen MR) is 82.9 cm³/mol. The lowest BCUT2D eigenvalue weighted by molar-refractivity contribution is 0.262. The Morgan fingerprint density at radius 3 is 2.35 bits per heavy atom. The average molecular weight is 269 g/mol. The van der Waals surface area contributed by atoms with Gasteiger partial charge in [-0.05, 0) is 43.2 Å². The van der Waals surface area contributed by atoms with Crippen molar-refractivity contribution in [1.29, 1.82) is 0 Å². The van der Waals surface area contributed by atoms with E-state index in [0.717, 1.165) is 22.5 Å². The second-order valence-electron chi connectivity index (χ2n) is 4.80. The average Bonchev–Trinajstić information content (AvgIpc) is 2.43. The fraction of sp³-hybridized carbons (Fsp3) is 0.188. The number of amides is 2. The van der Waals surface area contributed by atoms with E-state index in [1.54, 1.807) is 0 Å². The summed E-state index contributed by atoms with van der Waals surface area (Å²) in [6.45, 7) is 4.49. The van der Waals surface area contributed by atoms with Crippen LogP contribution in [0.1, 0.15) is 16.7 Å². The summed E-state index contributed by atoms with van der Waals surface area (Å²) >= 11 is 0. The maximum atomic E-state index is 11.9. The third kappa shape index (κ3) is 3.59. The molecule has 0 aliphatic heterocycles. The lowest BCUT2D eigenvalue weighted by atomic mass is 10.1. The van der Waals surface area contributed by atoms with E-state index in [4.69, 9.17) is 5.73 Å². The van der Waals surface area contributed by atoms with Crippen LogP contribution in [0.3, 0.4) is 0 Å². The van der Waals surface area contributed by atoms with Crippen LogP contribution in [0.5, 0.6) is 0 Å². The molecule has 0 radical (unpaired) electrons. The van der Waals surface area contributed by atoms with Gasteiger partial charge in [-0.15, -0.1) is 0 Å². The summed E-state index contributed by atoms with van der Waals surface area (Å²) in [6.07, 6.45) is 0. The molecule has 2 rings (SSSR count). The highest BCUT2D eigenvalue weighted by molar-refractivity contribution is 6.00. The molecule has 0 heterocycles. The summed E-state index contributed by atoms with van der Waals surface area (Å²) in [5, 5.41) is 5.63. The van der Waals surface area contributed by atoms with Crippen LogP contribution in [-0.4, -0.2) is 6.03 Å². The highest BCUT2D eigenvalue weighted by atomic mass is 16.2. The zero-order valence-electron chi connectivity index (χ0n) is 11.7. The number of carbonyl (C=O) groups excluding carboxylic acids is 1. The zero-order chi connectivity index (χ0) is 14.5. The van der Waals surface area contributed by atoms with Crippen molar-refractivity contribution < 1.29 is 4.79 Å². The molecule has 0 unspecified atom stereocenters. The first-order chi connectivity index (χ1) is 9.58. The van der Waals surface area contributed by atoms with Crippen LogP contribution in [0.4, 0.5) is 16.2 Å². The number of nitrogens with two attached hydrogens (primary N) is 1. The van der Waals surface area contributed by atoms with E-state index in [0.29, 0.717) is 6.54 Å². The first-order valence-electron chi connectivity index (χ1n) is 6.53. The molecular weight excluding hydrogens is 250 g/mol. The van der Waals surface area contributed by atoms with Gasteiger partial charge in [0.25, 0.3) is 0 Å². The summed E-state index contributed by atoms with van der Waals surface area (Å²) in [7, 11) is 0. The van der Waals surface area contributed by atoms with Gasteiger partial charge in [-0.2, -0.15) is 0 Å². The minimum atomic E-state index is -0.252. The van der Waals surface area contributed by atoms with E-state index in [2.05, 4.69) is 10.6 Å². The molecule has 0 aliphatic carbocycles. The van der Waals surface area contributed by atoms with Crippen LogP contribution in [0.25, 0.3) is 0 Å². The zero-order valence-corrected chi connectivity index (χ0v) is 11.7. The molecule has 0 bridgehead atoms. The molecule has 4 nitrogen and oxygen atoms in total. The summed E-state index contributed by atoms with van der Waals surface area (Å²) in [5.74, 6) is 0. The first-order valence-corrected chi connectivity index (χ1v) is 6.53. The maximum Gasteiger partial charge on any atom is 0.323 e. The SMILES string of the molecule is Cc1ccc(NC(=O)Nc2ccc(CN)cc2)c(C)c1. The number of hydrogen-bond acceptors (Lipinski definition) is 2. The topological polar surface area (TPSA) is 67.2 Å².